The lowest BCUT2D eigenvalue weighted by molar-refractivity contribution is -0.138. The summed E-state index contributed by atoms with van der Waals surface area (Å²) in [7, 11) is 0. The molecular weight excluding hydrogens is 283 g/mol. The maximum absolute atomic E-state index is 12.3. The molecule has 1 rings (SSSR count). The Balaban J connectivity index is 2.66. The van der Waals surface area contributed by atoms with Crippen molar-refractivity contribution in [3.8, 4) is 0 Å². The van der Waals surface area contributed by atoms with Crippen LogP contribution in [-0.2, 0) is 6.18 Å². The Morgan fingerprint density at radius 3 is 2.22 bits per heavy atom. The van der Waals surface area contributed by atoms with Crippen LogP contribution in [0.1, 0.15) is 31.7 Å². The van der Waals surface area contributed by atoms with Gasteiger partial charge in [0.1, 0.15) is 0 Å². The van der Waals surface area contributed by atoms with Gasteiger partial charge in [0, 0.05) is 11.3 Å². The van der Waals surface area contributed by atoms with Crippen molar-refractivity contribution in [2.45, 2.75) is 37.6 Å². The summed E-state index contributed by atoms with van der Waals surface area (Å²) in [5.41, 5.74) is 0. The van der Waals surface area contributed by atoms with E-state index >= 15 is 0 Å². The van der Waals surface area contributed by atoms with Crippen LogP contribution in [0, 0.1) is 0 Å². The van der Waals surface area contributed by atoms with Crippen molar-refractivity contribution >= 4 is 28.2 Å². The van der Waals surface area contributed by atoms with E-state index in [4.69, 9.17) is 0 Å². The summed E-state index contributed by atoms with van der Waals surface area (Å²) in [6, 6.07) is 0. The highest BCUT2D eigenvalue weighted by atomic mass is 32.2. The molecule has 1 aromatic heterocycles. The topological polar surface area (TPSA) is 37.8 Å². The minimum atomic E-state index is -4.41. The Morgan fingerprint density at radius 2 is 1.83 bits per heavy atom. The first-order valence-corrected chi connectivity index (χ1v) is 7.60. The number of rotatable bonds is 6. The normalized spacial score (nSPS) is 12.8. The van der Waals surface area contributed by atoms with E-state index in [0.29, 0.717) is 17.9 Å². The number of halogens is 3. The standard InChI is InChI=1S/C10H16F3N3S2/c1-4-9(5-2,17-3)6-14-8-16-15-7(18-8)10(11,12)13/h4-6H2,1-3H3,(H,14,16). The number of hydrogen-bond acceptors (Lipinski definition) is 5. The summed E-state index contributed by atoms with van der Waals surface area (Å²) < 4.78 is 37.1. The molecule has 1 N–H and O–H groups in total. The molecule has 0 spiro atoms. The molecule has 0 radical (unpaired) electrons. The SMILES string of the molecule is CCC(CC)(CNc1nnc(C(F)(F)F)s1)SC. The Hall–Kier alpha value is -0.500. The van der Waals surface area contributed by atoms with Gasteiger partial charge in [0.2, 0.25) is 10.1 Å². The van der Waals surface area contributed by atoms with Crippen LogP contribution in [0.2, 0.25) is 0 Å². The maximum Gasteiger partial charge on any atom is 0.445 e. The molecule has 0 aliphatic carbocycles. The first-order valence-electron chi connectivity index (χ1n) is 5.56. The van der Waals surface area contributed by atoms with Gasteiger partial charge >= 0.3 is 6.18 Å². The van der Waals surface area contributed by atoms with Crippen LogP contribution in [0.4, 0.5) is 18.3 Å². The van der Waals surface area contributed by atoms with Crippen LogP contribution in [0.5, 0.6) is 0 Å². The Kier molecular flexibility index (Phi) is 5.27. The van der Waals surface area contributed by atoms with Gasteiger partial charge in [-0.2, -0.15) is 24.9 Å². The van der Waals surface area contributed by atoms with Crippen molar-refractivity contribution < 1.29 is 13.2 Å². The number of anilines is 1. The lowest BCUT2D eigenvalue weighted by atomic mass is 10.0. The zero-order valence-electron chi connectivity index (χ0n) is 10.5. The van der Waals surface area contributed by atoms with Gasteiger partial charge in [-0.1, -0.05) is 25.2 Å². The van der Waals surface area contributed by atoms with E-state index in [1.54, 1.807) is 11.8 Å². The third-order valence-corrected chi connectivity index (χ3v) is 5.46. The van der Waals surface area contributed by atoms with Gasteiger partial charge in [-0.15, -0.1) is 10.2 Å². The van der Waals surface area contributed by atoms with Crippen LogP contribution in [0.3, 0.4) is 0 Å². The Morgan fingerprint density at radius 1 is 1.22 bits per heavy atom. The lowest BCUT2D eigenvalue weighted by Crippen LogP contribution is -2.31. The molecule has 0 fully saturated rings. The molecule has 0 aromatic carbocycles. The van der Waals surface area contributed by atoms with Crippen molar-refractivity contribution in [3.05, 3.63) is 5.01 Å². The average molecular weight is 299 g/mol. The summed E-state index contributed by atoms with van der Waals surface area (Å²) in [5, 5.41) is 8.93. The van der Waals surface area contributed by atoms with Gasteiger partial charge in [0.05, 0.1) is 0 Å². The molecule has 0 bridgehead atoms. The van der Waals surface area contributed by atoms with E-state index in [2.05, 4.69) is 29.4 Å². The number of alkyl halides is 3. The van der Waals surface area contributed by atoms with E-state index in [1.807, 2.05) is 6.26 Å². The molecule has 0 amide bonds. The summed E-state index contributed by atoms with van der Waals surface area (Å²) >= 11 is 2.27. The number of nitrogens with one attached hydrogen (secondary N) is 1. The first-order chi connectivity index (χ1) is 8.37. The molecule has 1 heterocycles. The summed E-state index contributed by atoms with van der Waals surface area (Å²) in [6.45, 7) is 4.74. The third-order valence-electron chi connectivity index (χ3n) is 2.95. The van der Waals surface area contributed by atoms with Crippen molar-refractivity contribution in [1.29, 1.82) is 0 Å². The van der Waals surface area contributed by atoms with E-state index in [9.17, 15) is 13.2 Å². The monoisotopic (exact) mass is 299 g/mol. The average Bonchev–Trinajstić information content (AvgIpc) is 2.80. The Bertz CT molecular complexity index is 366. The van der Waals surface area contributed by atoms with Crippen molar-refractivity contribution in [2.75, 3.05) is 18.1 Å². The number of thioether (sulfide) groups is 1. The minimum absolute atomic E-state index is 0.0318. The predicted octanol–water partition coefficient (Wildman–Crippen LogP) is 3.89. The molecule has 3 nitrogen and oxygen atoms in total. The van der Waals surface area contributed by atoms with E-state index < -0.39 is 11.2 Å². The second-order valence-corrected chi connectivity index (χ2v) is 6.11. The quantitative estimate of drug-likeness (QED) is 0.865. The molecule has 18 heavy (non-hydrogen) atoms. The van der Waals surface area contributed by atoms with Crippen LogP contribution in [0.25, 0.3) is 0 Å². The summed E-state index contributed by atoms with van der Waals surface area (Å²) in [4.78, 5) is 0. The fourth-order valence-electron chi connectivity index (χ4n) is 1.51. The van der Waals surface area contributed by atoms with Gasteiger partial charge in [0.15, 0.2) is 0 Å². The number of hydrogen-bond donors (Lipinski definition) is 1. The molecule has 0 aliphatic heterocycles. The number of aromatic nitrogens is 2. The molecule has 0 saturated carbocycles. The van der Waals surface area contributed by atoms with Crippen molar-refractivity contribution in [2.24, 2.45) is 0 Å². The molecule has 0 aliphatic rings. The zero-order chi connectivity index (χ0) is 13.8. The molecule has 0 saturated heterocycles. The van der Waals surface area contributed by atoms with Crippen LogP contribution >= 0.6 is 23.1 Å². The smallest absolute Gasteiger partial charge is 0.359 e. The first kappa shape index (κ1) is 15.6. The van der Waals surface area contributed by atoms with Gasteiger partial charge in [-0.3, -0.25) is 0 Å². The highest BCUT2D eigenvalue weighted by Gasteiger charge is 2.36. The third kappa shape index (κ3) is 3.74. The van der Waals surface area contributed by atoms with E-state index in [-0.39, 0.29) is 9.88 Å². The van der Waals surface area contributed by atoms with Crippen molar-refractivity contribution in [3.63, 3.8) is 0 Å². The van der Waals surface area contributed by atoms with Crippen LogP contribution in [-0.4, -0.2) is 27.7 Å². The van der Waals surface area contributed by atoms with E-state index in [0.717, 1.165) is 12.8 Å². The summed E-state index contributed by atoms with van der Waals surface area (Å²) in [5.74, 6) is 0. The van der Waals surface area contributed by atoms with E-state index in [1.165, 1.54) is 0 Å². The van der Waals surface area contributed by atoms with Gasteiger partial charge in [0.25, 0.3) is 0 Å². The number of nitrogens with zero attached hydrogens (tertiary/aromatic N) is 2. The van der Waals surface area contributed by atoms with Crippen molar-refractivity contribution in [1.82, 2.24) is 10.2 Å². The second-order valence-electron chi connectivity index (χ2n) is 3.86. The minimum Gasteiger partial charge on any atom is -0.359 e. The molecule has 104 valence electrons. The zero-order valence-corrected chi connectivity index (χ0v) is 12.1. The largest absolute Gasteiger partial charge is 0.445 e. The second kappa shape index (κ2) is 6.10. The molecule has 8 heteroatoms. The molecule has 0 atom stereocenters. The van der Waals surface area contributed by atoms with Gasteiger partial charge in [-0.25, -0.2) is 0 Å². The lowest BCUT2D eigenvalue weighted by Gasteiger charge is -2.29. The fraction of sp³-hybridized carbons (Fsp3) is 0.800. The van der Waals surface area contributed by atoms with Crippen LogP contribution in [0.15, 0.2) is 0 Å². The molecule has 0 unspecified atom stereocenters. The van der Waals surface area contributed by atoms with Crippen LogP contribution < -0.4 is 5.32 Å². The molecule has 1 aromatic rings. The fourth-order valence-corrected chi connectivity index (χ4v) is 2.91. The van der Waals surface area contributed by atoms with Gasteiger partial charge < -0.3 is 5.32 Å². The van der Waals surface area contributed by atoms with Gasteiger partial charge in [-0.05, 0) is 19.1 Å². The summed E-state index contributed by atoms with van der Waals surface area (Å²) in [6.07, 6.45) is -0.509. The Labute approximate surface area is 113 Å². The predicted molar refractivity (Wildman–Crippen MR) is 70.2 cm³/mol. The highest BCUT2D eigenvalue weighted by Crippen LogP contribution is 2.34. The molecular formula is C10H16F3N3S2. The maximum atomic E-state index is 12.3. The highest BCUT2D eigenvalue weighted by molar-refractivity contribution is 8.00.